The van der Waals surface area contributed by atoms with Crippen molar-refractivity contribution in [3.8, 4) is 11.8 Å². The van der Waals surface area contributed by atoms with E-state index in [0.29, 0.717) is 0 Å². The Morgan fingerprint density at radius 1 is 1.35 bits per heavy atom. The van der Waals surface area contributed by atoms with Crippen molar-refractivity contribution in [1.82, 2.24) is 10.2 Å². The molecule has 0 aromatic heterocycles. The molecule has 1 aromatic carbocycles. The number of carbonyl (C=O) groups is 2. The van der Waals surface area contributed by atoms with Crippen molar-refractivity contribution in [1.29, 1.82) is 0 Å². The molecule has 0 aliphatic heterocycles. The Morgan fingerprint density at radius 2 is 2.00 bits per heavy atom. The minimum absolute atomic E-state index is 0.160. The summed E-state index contributed by atoms with van der Waals surface area (Å²) >= 11 is 0. The van der Waals surface area contributed by atoms with Gasteiger partial charge in [-0.2, -0.15) is 0 Å². The first-order chi connectivity index (χ1) is 9.50. The highest BCUT2D eigenvalue weighted by Gasteiger charge is 2.16. The molecule has 0 aliphatic rings. The predicted molar refractivity (Wildman–Crippen MR) is 76.1 cm³/mol. The van der Waals surface area contributed by atoms with E-state index in [1.165, 1.54) is 4.90 Å². The number of carboxylic acids is 1. The maximum atomic E-state index is 11.7. The van der Waals surface area contributed by atoms with Gasteiger partial charge >= 0.3 is 12.0 Å². The van der Waals surface area contributed by atoms with Gasteiger partial charge in [-0.25, -0.2) is 4.79 Å². The van der Waals surface area contributed by atoms with Gasteiger partial charge in [0.2, 0.25) is 0 Å². The van der Waals surface area contributed by atoms with Crippen LogP contribution in [0.2, 0.25) is 0 Å². The third-order valence-corrected chi connectivity index (χ3v) is 2.65. The number of hydrogen-bond acceptors (Lipinski definition) is 2. The van der Waals surface area contributed by atoms with E-state index >= 15 is 0 Å². The first-order valence-corrected chi connectivity index (χ1v) is 6.26. The van der Waals surface area contributed by atoms with Crippen LogP contribution in [-0.2, 0) is 4.79 Å². The van der Waals surface area contributed by atoms with Crippen LogP contribution in [0.5, 0.6) is 0 Å². The van der Waals surface area contributed by atoms with Gasteiger partial charge in [-0.3, -0.25) is 4.79 Å². The molecule has 5 nitrogen and oxygen atoms in total. The SMILES string of the molecule is CC(CN(C)C(=O)NCC#Cc1ccccc1)C(=O)O. The first-order valence-electron chi connectivity index (χ1n) is 6.26. The molecule has 2 N–H and O–H groups in total. The quantitative estimate of drug-likeness (QED) is 0.815. The normalized spacial score (nSPS) is 10.9. The second-order valence-corrected chi connectivity index (χ2v) is 4.45. The maximum Gasteiger partial charge on any atom is 0.317 e. The second-order valence-electron chi connectivity index (χ2n) is 4.45. The summed E-state index contributed by atoms with van der Waals surface area (Å²) in [5, 5.41) is 11.4. The van der Waals surface area contributed by atoms with E-state index < -0.39 is 11.9 Å². The van der Waals surface area contributed by atoms with Gasteiger partial charge < -0.3 is 15.3 Å². The number of carboxylic acid groups (broad SMARTS) is 1. The minimum atomic E-state index is -0.923. The van der Waals surface area contributed by atoms with Crippen molar-refractivity contribution in [3.05, 3.63) is 35.9 Å². The van der Waals surface area contributed by atoms with Crippen LogP contribution in [-0.4, -0.2) is 42.1 Å². The lowest BCUT2D eigenvalue weighted by Gasteiger charge is -2.19. The fraction of sp³-hybridized carbons (Fsp3) is 0.333. The zero-order valence-corrected chi connectivity index (χ0v) is 11.6. The Kier molecular flexibility index (Phi) is 6.11. The smallest absolute Gasteiger partial charge is 0.317 e. The molecule has 1 atom stereocenters. The predicted octanol–water partition coefficient (Wildman–Crippen LogP) is 1.40. The number of carbonyl (C=O) groups excluding carboxylic acids is 1. The summed E-state index contributed by atoms with van der Waals surface area (Å²) in [7, 11) is 1.55. The molecule has 1 unspecified atom stereocenters. The standard InChI is InChI=1S/C15H18N2O3/c1-12(14(18)19)11-17(2)15(20)16-10-6-9-13-7-4-3-5-8-13/h3-5,7-8,12H,10-11H2,1-2H3,(H,16,20)(H,18,19). The molecule has 20 heavy (non-hydrogen) atoms. The molecule has 0 spiro atoms. The zero-order chi connectivity index (χ0) is 15.0. The molecule has 5 heteroatoms. The highest BCUT2D eigenvalue weighted by Crippen LogP contribution is 1.98. The highest BCUT2D eigenvalue weighted by atomic mass is 16.4. The molecule has 106 valence electrons. The average Bonchev–Trinajstić information content (AvgIpc) is 2.44. The Labute approximate surface area is 118 Å². The van der Waals surface area contributed by atoms with Crippen LogP contribution in [0.1, 0.15) is 12.5 Å². The maximum absolute atomic E-state index is 11.7. The van der Waals surface area contributed by atoms with E-state index in [2.05, 4.69) is 17.2 Å². The van der Waals surface area contributed by atoms with Crippen molar-refractivity contribution in [2.75, 3.05) is 20.1 Å². The number of hydrogen-bond donors (Lipinski definition) is 2. The third kappa shape index (κ3) is 5.44. The molecule has 0 saturated carbocycles. The monoisotopic (exact) mass is 274 g/mol. The lowest BCUT2D eigenvalue weighted by atomic mass is 10.2. The minimum Gasteiger partial charge on any atom is -0.481 e. The number of amides is 2. The summed E-state index contributed by atoms with van der Waals surface area (Å²) < 4.78 is 0. The number of rotatable bonds is 4. The molecule has 2 amide bonds. The molecule has 0 heterocycles. The molecule has 0 aliphatic carbocycles. The van der Waals surface area contributed by atoms with Crippen LogP contribution in [0.3, 0.4) is 0 Å². The van der Waals surface area contributed by atoms with Gasteiger partial charge in [0, 0.05) is 19.2 Å². The molecule has 0 saturated heterocycles. The van der Waals surface area contributed by atoms with E-state index in [1.807, 2.05) is 30.3 Å². The van der Waals surface area contributed by atoms with Crippen LogP contribution in [0, 0.1) is 17.8 Å². The number of aliphatic carboxylic acids is 1. The van der Waals surface area contributed by atoms with Crippen LogP contribution in [0.15, 0.2) is 30.3 Å². The fourth-order valence-corrected chi connectivity index (χ4v) is 1.49. The molecule has 1 rings (SSSR count). The summed E-state index contributed by atoms with van der Waals surface area (Å²) in [6.07, 6.45) is 0. The summed E-state index contributed by atoms with van der Waals surface area (Å²) in [5.74, 6) is 4.24. The van der Waals surface area contributed by atoms with Crippen molar-refractivity contribution in [2.45, 2.75) is 6.92 Å². The summed E-state index contributed by atoms with van der Waals surface area (Å²) in [6.45, 7) is 1.94. The third-order valence-electron chi connectivity index (χ3n) is 2.65. The van der Waals surface area contributed by atoms with Crippen molar-refractivity contribution in [3.63, 3.8) is 0 Å². The van der Waals surface area contributed by atoms with Gasteiger partial charge in [0.25, 0.3) is 0 Å². The number of urea groups is 1. The van der Waals surface area contributed by atoms with Gasteiger partial charge in [0.15, 0.2) is 0 Å². The molecule has 0 bridgehead atoms. The van der Waals surface area contributed by atoms with E-state index in [9.17, 15) is 9.59 Å². The molecule has 0 radical (unpaired) electrons. The Bertz CT molecular complexity index is 517. The topological polar surface area (TPSA) is 69.6 Å². The van der Waals surface area contributed by atoms with E-state index in [4.69, 9.17) is 5.11 Å². The highest BCUT2D eigenvalue weighted by molar-refractivity contribution is 5.75. The summed E-state index contributed by atoms with van der Waals surface area (Å²) in [6, 6.07) is 9.13. The lowest BCUT2D eigenvalue weighted by Crippen LogP contribution is -2.40. The van der Waals surface area contributed by atoms with Crippen LogP contribution >= 0.6 is 0 Å². The second kappa shape index (κ2) is 7.85. The largest absolute Gasteiger partial charge is 0.481 e. The molecule has 1 aromatic rings. The molecule has 0 fully saturated rings. The number of benzene rings is 1. The van der Waals surface area contributed by atoms with E-state index in [1.54, 1.807) is 14.0 Å². The van der Waals surface area contributed by atoms with E-state index in [0.717, 1.165) is 5.56 Å². The number of nitrogens with zero attached hydrogens (tertiary/aromatic N) is 1. The average molecular weight is 274 g/mol. The van der Waals surface area contributed by atoms with Crippen LogP contribution in [0.4, 0.5) is 4.79 Å². The zero-order valence-electron chi connectivity index (χ0n) is 11.6. The van der Waals surface area contributed by atoms with E-state index in [-0.39, 0.29) is 19.1 Å². The number of nitrogens with one attached hydrogen (secondary N) is 1. The Balaban J connectivity index is 2.37. The Morgan fingerprint density at radius 3 is 2.60 bits per heavy atom. The summed E-state index contributed by atoms with van der Waals surface area (Å²) in [5.41, 5.74) is 0.884. The van der Waals surface area contributed by atoms with Gasteiger partial charge in [-0.1, -0.05) is 37.0 Å². The van der Waals surface area contributed by atoms with Gasteiger partial charge in [0.1, 0.15) is 0 Å². The summed E-state index contributed by atoms with van der Waals surface area (Å²) in [4.78, 5) is 23.7. The molecular weight excluding hydrogens is 256 g/mol. The van der Waals surface area contributed by atoms with Crippen molar-refractivity contribution >= 4 is 12.0 Å². The van der Waals surface area contributed by atoms with Gasteiger partial charge in [0.05, 0.1) is 12.5 Å². The fourth-order valence-electron chi connectivity index (χ4n) is 1.49. The molecular formula is C15H18N2O3. The van der Waals surface area contributed by atoms with Gasteiger partial charge in [-0.15, -0.1) is 0 Å². The Hall–Kier alpha value is -2.48. The van der Waals surface area contributed by atoms with Gasteiger partial charge in [-0.05, 0) is 12.1 Å². The van der Waals surface area contributed by atoms with Crippen LogP contribution < -0.4 is 5.32 Å². The van der Waals surface area contributed by atoms with Crippen molar-refractivity contribution in [2.24, 2.45) is 5.92 Å². The first kappa shape index (κ1) is 15.6. The lowest BCUT2D eigenvalue weighted by molar-refractivity contribution is -0.141. The van der Waals surface area contributed by atoms with Crippen molar-refractivity contribution < 1.29 is 14.7 Å². The van der Waals surface area contributed by atoms with Crippen LogP contribution in [0.25, 0.3) is 0 Å².